The quantitative estimate of drug-likeness (QED) is 0.684. The maximum absolute atomic E-state index is 12.0. The molecule has 0 spiro atoms. The van der Waals surface area contributed by atoms with Gasteiger partial charge in [0.25, 0.3) is 0 Å². The molecular weight excluding hydrogens is 300 g/mol. The summed E-state index contributed by atoms with van der Waals surface area (Å²) in [5.41, 5.74) is 4.09. The molecule has 2 aliphatic rings. The lowest BCUT2D eigenvalue weighted by atomic mass is 9.77. The molecule has 2 aromatic rings. The van der Waals surface area contributed by atoms with Crippen molar-refractivity contribution >= 4 is 11.7 Å². The van der Waals surface area contributed by atoms with E-state index in [1.54, 1.807) is 6.20 Å². The number of rotatable bonds is 3. The number of fused-ring (bicyclic) bond motifs is 3. The molecule has 4 rings (SSSR count). The first kappa shape index (κ1) is 14.9. The molecule has 0 bridgehead atoms. The Morgan fingerprint density at radius 3 is 3.08 bits per heavy atom. The number of hydrogen-bond donors (Lipinski definition) is 1. The summed E-state index contributed by atoms with van der Waals surface area (Å²) in [6, 6.07) is 10.1. The van der Waals surface area contributed by atoms with E-state index < -0.39 is 0 Å². The number of ether oxygens (including phenoxy) is 1. The van der Waals surface area contributed by atoms with Crippen molar-refractivity contribution in [3.63, 3.8) is 0 Å². The number of hydrogen-bond acceptors (Lipinski definition) is 4. The number of nitrogens with zero attached hydrogens (tertiary/aromatic N) is 1. The minimum absolute atomic E-state index is 0.236. The summed E-state index contributed by atoms with van der Waals surface area (Å²) in [7, 11) is 0. The molecule has 24 heavy (non-hydrogen) atoms. The van der Waals surface area contributed by atoms with Crippen LogP contribution in [0.15, 0.2) is 54.9 Å². The predicted octanol–water partition coefficient (Wildman–Crippen LogP) is 4.08. The zero-order valence-corrected chi connectivity index (χ0v) is 13.6. The maximum atomic E-state index is 12.0. The standard InChI is InChI=1S/C20H20N2O2/c1-2-24-20(23)13-8-9-18-17(11-13)15-6-3-7-16(15)19(22-18)14-5-4-10-21-12-14/h3-6,8-12,15-16,19,22H,2,7H2,1H3/t15-,16-,19-/m1/s1. The number of esters is 1. The summed E-state index contributed by atoms with van der Waals surface area (Å²) in [4.78, 5) is 16.3. The van der Waals surface area contributed by atoms with E-state index in [-0.39, 0.29) is 12.0 Å². The van der Waals surface area contributed by atoms with E-state index in [2.05, 4.69) is 28.5 Å². The van der Waals surface area contributed by atoms with Gasteiger partial charge in [0.2, 0.25) is 0 Å². The first-order valence-electron chi connectivity index (χ1n) is 8.42. The Balaban J connectivity index is 1.72. The largest absolute Gasteiger partial charge is 0.462 e. The lowest BCUT2D eigenvalue weighted by Crippen LogP contribution is -2.29. The maximum Gasteiger partial charge on any atom is 0.338 e. The van der Waals surface area contributed by atoms with Crippen LogP contribution in [0, 0.1) is 5.92 Å². The zero-order chi connectivity index (χ0) is 16.5. The third kappa shape index (κ3) is 2.48. The van der Waals surface area contributed by atoms with Crippen LogP contribution in [0.4, 0.5) is 5.69 Å². The van der Waals surface area contributed by atoms with Gasteiger partial charge in [-0.3, -0.25) is 4.98 Å². The van der Waals surface area contributed by atoms with Crippen LogP contribution in [0.25, 0.3) is 0 Å². The first-order valence-corrected chi connectivity index (χ1v) is 8.42. The average molecular weight is 320 g/mol. The second kappa shape index (κ2) is 6.11. The lowest BCUT2D eigenvalue weighted by Gasteiger charge is -2.37. The van der Waals surface area contributed by atoms with Gasteiger partial charge in [0, 0.05) is 24.0 Å². The molecule has 2 heterocycles. The monoisotopic (exact) mass is 320 g/mol. The van der Waals surface area contributed by atoms with Gasteiger partial charge in [0.1, 0.15) is 0 Å². The van der Waals surface area contributed by atoms with Crippen LogP contribution in [0.2, 0.25) is 0 Å². The SMILES string of the molecule is CCOC(=O)c1ccc2c(c1)[C@@H]1C=CC[C@H]1[C@@H](c1cccnc1)N2. The molecular formula is C20H20N2O2. The number of allylic oxidation sites excluding steroid dienone is 2. The predicted molar refractivity (Wildman–Crippen MR) is 93.0 cm³/mol. The van der Waals surface area contributed by atoms with Gasteiger partial charge in [0.05, 0.1) is 18.2 Å². The normalized spacial score (nSPS) is 24.0. The van der Waals surface area contributed by atoms with Crippen LogP contribution in [0.1, 0.15) is 46.8 Å². The van der Waals surface area contributed by atoms with Crippen LogP contribution in [0.5, 0.6) is 0 Å². The molecule has 0 amide bonds. The Kier molecular flexibility index (Phi) is 3.81. The Morgan fingerprint density at radius 1 is 1.38 bits per heavy atom. The molecule has 1 N–H and O–H groups in total. The van der Waals surface area contributed by atoms with E-state index in [4.69, 9.17) is 4.74 Å². The van der Waals surface area contributed by atoms with E-state index in [1.807, 2.05) is 37.4 Å². The Morgan fingerprint density at radius 2 is 2.29 bits per heavy atom. The van der Waals surface area contributed by atoms with E-state index in [0.29, 0.717) is 24.0 Å². The lowest BCUT2D eigenvalue weighted by molar-refractivity contribution is 0.0526. The second-order valence-electron chi connectivity index (χ2n) is 6.28. The summed E-state index contributed by atoms with van der Waals surface area (Å²) in [6.07, 6.45) is 9.27. The molecule has 1 aliphatic heterocycles. The van der Waals surface area contributed by atoms with Gasteiger partial charge in [-0.1, -0.05) is 18.2 Å². The molecule has 0 saturated heterocycles. The Bertz CT molecular complexity index is 785. The smallest absolute Gasteiger partial charge is 0.338 e. The highest BCUT2D eigenvalue weighted by Gasteiger charge is 2.38. The van der Waals surface area contributed by atoms with Crippen LogP contribution < -0.4 is 5.32 Å². The number of carbonyl (C=O) groups excluding carboxylic acids is 1. The van der Waals surface area contributed by atoms with Crippen LogP contribution in [0.3, 0.4) is 0 Å². The second-order valence-corrected chi connectivity index (χ2v) is 6.28. The Hall–Kier alpha value is -2.62. The number of anilines is 1. The van der Waals surface area contributed by atoms with Crippen molar-refractivity contribution in [3.8, 4) is 0 Å². The van der Waals surface area contributed by atoms with E-state index in [0.717, 1.165) is 12.1 Å². The molecule has 0 unspecified atom stereocenters. The summed E-state index contributed by atoms with van der Waals surface area (Å²) in [6.45, 7) is 2.22. The minimum atomic E-state index is -0.256. The van der Waals surface area contributed by atoms with Crippen molar-refractivity contribution in [3.05, 3.63) is 71.6 Å². The first-order chi connectivity index (χ1) is 11.8. The van der Waals surface area contributed by atoms with Gasteiger partial charge in [0.15, 0.2) is 0 Å². The fourth-order valence-corrected chi connectivity index (χ4v) is 3.83. The summed E-state index contributed by atoms with van der Waals surface area (Å²) in [5.74, 6) is 0.508. The number of benzene rings is 1. The minimum Gasteiger partial charge on any atom is -0.462 e. The molecule has 0 radical (unpaired) electrons. The summed E-state index contributed by atoms with van der Waals surface area (Å²) in [5, 5.41) is 3.65. The van der Waals surface area contributed by atoms with Crippen molar-refractivity contribution in [1.82, 2.24) is 4.98 Å². The van der Waals surface area contributed by atoms with Crippen molar-refractivity contribution in [2.24, 2.45) is 5.92 Å². The molecule has 1 aromatic heterocycles. The molecule has 1 aromatic carbocycles. The topological polar surface area (TPSA) is 51.2 Å². The molecule has 0 saturated carbocycles. The third-order valence-corrected chi connectivity index (χ3v) is 4.92. The fourth-order valence-electron chi connectivity index (χ4n) is 3.83. The van der Waals surface area contributed by atoms with E-state index in [9.17, 15) is 4.79 Å². The molecule has 122 valence electrons. The highest BCUT2D eigenvalue weighted by molar-refractivity contribution is 5.90. The highest BCUT2D eigenvalue weighted by Crippen LogP contribution is 2.49. The van der Waals surface area contributed by atoms with Gasteiger partial charge in [-0.15, -0.1) is 0 Å². The highest BCUT2D eigenvalue weighted by atomic mass is 16.5. The number of nitrogens with one attached hydrogen (secondary N) is 1. The fraction of sp³-hybridized carbons (Fsp3) is 0.300. The van der Waals surface area contributed by atoms with Gasteiger partial charge in [-0.25, -0.2) is 4.79 Å². The molecule has 1 aliphatic carbocycles. The Labute approximate surface area is 141 Å². The average Bonchev–Trinajstić information content (AvgIpc) is 3.11. The van der Waals surface area contributed by atoms with E-state index in [1.165, 1.54) is 11.1 Å². The number of carbonyl (C=O) groups is 1. The van der Waals surface area contributed by atoms with Crippen molar-refractivity contribution < 1.29 is 9.53 Å². The van der Waals surface area contributed by atoms with Gasteiger partial charge in [-0.2, -0.15) is 0 Å². The molecule has 4 nitrogen and oxygen atoms in total. The summed E-state index contributed by atoms with van der Waals surface area (Å²) >= 11 is 0. The van der Waals surface area contributed by atoms with Gasteiger partial charge in [-0.05, 0) is 54.7 Å². The molecule has 4 heteroatoms. The van der Waals surface area contributed by atoms with Crippen molar-refractivity contribution in [1.29, 1.82) is 0 Å². The van der Waals surface area contributed by atoms with Crippen molar-refractivity contribution in [2.75, 3.05) is 11.9 Å². The molecule has 3 atom stereocenters. The zero-order valence-electron chi connectivity index (χ0n) is 13.6. The van der Waals surface area contributed by atoms with Crippen LogP contribution in [-0.4, -0.2) is 17.6 Å². The van der Waals surface area contributed by atoms with Gasteiger partial charge >= 0.3 is 5.97 Å². The summed E-state index contributed by atoms with van der Waals surface area (Å²) < 4.78 is 5.14. The molecule has 0 fully saturated rings. The third-order valence-electron chi connectivity index (χ3n) is 4.92. The van der Waals surface area contributed by atoms with Gasteiger partial charge < -0.3 is 10.1 Å². The van der Waals surface area contributed by atoms with E-state index >= 15 is 0 Å². The van der Waals surface area contributed by atoms with Crippen molar-refractivity contribution in [2.45, 2.75) is 25.3 Å². The number of pyridine rings is 1. The van der Waals surface area contributed by atoms with Crippen LogP contribution in [-0.2, 0) is 4.74 Å². The number of aromatic nitrogens is 1. The van der Waals surface area contributed by atoms with Crippen LogP contribution >= 0.6 is 0 Å².